The molecule has 0 bridgehead atoms. The molecule has 1 aliphatic carbocycles. The number of hydrogen-bond acceptors (Lipinski definition) is 1. The van der Waals surface area contributed by atoms with E-state index in [-0.39, 0.29) is 44.7 Å². The predicted octanol–water partition coefficient (Wildman–Crippen LogP) is 1.04. The summed E-state index contributed by atoms with van der Waals surface area (Å²) in [4.78, 5) is 0. The van der Waals surface area contributed by atoms with Gasteiger partial charge in [0.15, 0.2) is 0 Å². The minimum absolute atomic E-state index is 0. The molecule has 0 aliphatic heterocycles. The summed E-state index contributed by atoms with van der Waals surface area (Å²) in [6.45, 7) is 6.10. The van der Waals surface area contributed by atoms with Crippen molar-refractivity contribution in [2.45, 2.75) is 25.8 Å². The molecular formula is C8H14BOY-. The maximum absolute atomic E-state index is 9.41. The molecule has 0 aromatic heterocycles. The molecule has 0 aromatic rings. The van der Waals surface area contributed by atoms with E-state index >= 15 is 0 Å². The van der Waals surface area contributed by atoms with Gasteiger partial charge in [-0.05, 0) is 12.3 Å². The summed E-state index contributed by atoms with van der Waals surface area (Å²) in [7, 11) is 5.48. The summed E-state index contributed by atoms with van der Waals surface area (Å²) >= 11 is 0. The molecule has 0 amide bonds. The Hall–Kier alpha value is 1.13. The first-order valence-electron chi connectivity index (χ1n) is 3.88. The molecule has 0 heterocycles. The van der Waals surface area contributed by atoms with Crippen molar-refractivity contribution in [3.8, 4) is 0 Å². The molecule has 1 aliphatic rings. The van der Waals surface area contributed by atoms with Gasteiger partial charge in [-0.15, -0.1) is 0 Å². The Morgan fingerprint density at radius 1 is 1.64 bits per heavy atom. The fourth-order valence-corrected chi connectivity index (χ4v) is 1.77. The second-order valence-electron chi connectivity index (χ2n) is 3.34. The molecule has 3 heteroatoms. The van der Waals surface area contributed by atoms with Gasteiger partial charge in [-0.1, -0.05) is 19.2 Å². The van der Waals surface area contributed by atoms with E-state index in [0.717, 1.165) is 6.42 Å². The van der Waals surface area contributed by atoms with E-state index in [2.05, 4.69) is 13.8 Å². The predicted molar refractivity (Wildman–Crippen MR) is 42.7 cm³/mol. The summed E-state index contributed by atoms with van der Waals surface area (Å²) in [5.74, 6) is 1.11. The SMILES string of the molecule is [B]CC1C(O)CC(C)C1[CH2-].[Y]. The first kappa shape index (κ1) is 12.1. The van der Waals surface area contributed by atoms with Crippen LogP contribution in [0.5, 0.6) is 0 Å². The Labute approximate surface area is 95.6 Å². The third-order valence-electron chi connectivity index (χ3n) is 2.66. The van der Waals surface area contributed by atoms with Crippen LogP contribution in [-0.2, 0) is 32.7 Å². The molecule has 0 spiro atoms. The minimum atomic E-state index is -0.206. The van der Waals surface area contributed by atoms with Crippen molar-refractivity contribution in [3.05, 3.63) is 6.92 Å². The molecule has 1 N–H and O–H groups in total. The standard InChI is InChI=1S/C8H14BO.Y/c1-5-3-8(10)7(4-9)6(5)2;/h5-8,10H,2-4H2,1H3;/q-1;. The fraction of sp³-hybridized carbons (Fsp3) is 0.875. The van der Waals surface area contributed by atoms with Gasteiger partial charge in [0.2, 0.25) is 0 Å². The molecule has 1 saturated carbocycles. The third-order valence-corrected chi connectivity index (χ3v) is 2.66. The van der Waals surface area contributed by atoms with E-state index in [1.807, 2.05) is 0 Å². The number of aliphatic hydroxyl groups excluding tert-OH is 1. The van der Waals surface area contributed by atoms with E-state index in [1.54, 1.807) is 0 Å². The van der Waals surface area contributed by atoms with Gasteiger partial charge in [-0.3, -0.25) is 0 Å². The summed E-state index contributed by atoms with van der Waals surface area (Å²) in [5, 5.41) is 9.41. The average molecular weight is 226 g/mol. The van der Waals surface area contributed by atoms with Crippen molar-refractivity contribution in [1.82, 2.24) is 0 Å². The van der Waals surface area contributed by atoms with Crippen molar-refractivity contribution in [2.75, 3.05) is 0 Å². The molecule has 0 aromatic carbocycles. The van der Waals surface area contributed by atoms with Gasteiger partial charge in [0, 0.05) is 32.7 Å². The maximum Gasteiger partial charge on any atom is 0.0656 e. The molecule has 59 valence electrons. The van der Waals surface area contributed by atoms with Gasteiger partial charge < -0.3 is 12.0 Å². The van der Waals surface area contributed by atoms with Crippen LogP contribution in [0.25, 0.3) is 0 Å². The molecule has 4 atom stereocenters. The normalized spacial score (nSPS) is 43.5. The maximum atomic E-state index is 9.41. The van der Waals surface area contributed by atoms with E-state index in [4.69, 9.17) is 7.85 Å². The van der Waals surface area contributed by atoms with E-state index in [1.165, 1.54) is 0 Å². The van der Waals surface area contributed by atoms with Crippen LogP contribution in [0.4, 0.5) is 0 Å². The Bertz CT molecular complexity index is 121. The van der Waals surface area contributed by atoms with Crippen LogP contribution in [0.15, 0.2) is 0 Å². The van der Waals surface area contributed by atoms with Crippen LogP contribution < -0.4 is 0 Å². The first-order chi connectivity index (χ1) is 4.66. The monoisotopic (exact) mass is 226 g/mol. The van der Waals surface area contributed by atoms with Crippen LogP contribution >= 0.6 is 0 Å². The van der Waals surface area contributed by atoms with Crippen molar-refractivity contribution < 1.29 is 37.8 Å². The number of rotatable bonds is 1. The summed E-state index contributed by atoms with van der Waals surface area (Å²) in [6, 6.07) is 0. The fourth-order valence-electron chi connectivity index (χ4n) is 1.77. The van der Waals surface area contributed by atoms with E-state index in [9.17, 15) is 5.11 Å². The summed E-state index contributed by atoms with van der Waals surface area (Å²) < 4.78 is 0. The van der Waals surface area contributed by atoms with Gasteiger partial charge in [-0.2, -0.15) is 5.92 Å². The van der Waals surface area contributed by atoms with E-state index in [0.29, 0.717) is 18.2 Å². The Morgan fingerprint density at radius 2 is 2.18 bits per heavy atom. The molecule has 1 fully saturated rings. The zero-order chi connectivity index (χ0) is 7.72. The Balaban J connectivity index is 0.000001000. The Morgan fingerprint density at radius 3 is 2.36 bits per heavy atom. The largest absolute Gasteiger partial charge is 0.393 e. The van der Waals surface area contributed by atoms with Crippen LogP contribution in [-0.4, -0.2) is 19.1 Å². The second kappa shape index (κ2) is 4.99. The van der Waals surface area contributed by atoms with Crippen LogP contribution in [0, 0.1) is 24.7 Å². The van der Waals surface area contributed by atoms with Gasteiger partial charge in [0.25, 0.3) is 0 Å². The van der Waals surface area contributed by atoms with Crippen LogP contribution in [0.2, 0.25) is 6.32 Å². The Kier molecular flexibility index (Phi) is 5.50. The van der Waals surface area contributed by atoms with Crippen molar-refractivity contribution in [1.29, 1.82) is 0 Å². The summed E-state index contributed by atoms with van der Waals surface area (Å²) in [5.41, 5.74) is 0. The molecule has 1 rings (SSSR count). The van der Waals surface area contributed by atoms with Crippen molar-refractivity contribution >= 4 is 7.85 Å². The quantitative estimate of drug-likeness (QED) is 0.523. The molecule has 4 unspecified atom stereocenters. The molecule has 1 nitrogen and oxygen atoms in total. The van der Waals surface area contributed by atoms with Crippen molar-refractivity contribution in [2.24, 2.45) is 17.8 Å². The van der Waals surface area contributed by atoms with Crippen LogP contribution in [0.1, 0.15) is 13.3 Å². The summed E-state index contributed by atoms with van der Waals surface area (Å²) in [6.07, 6.45) is 1.23. The molecule has 3 radical (unpaired) electrons. The molecule has 0 saturated heterocycles. The van der Waals surface area contributed by atoms with Gasteiger partial charge >= 0.3 is 0 Å². The number of aliphatic hydroxyl groups is 1. The van der Waals surface area contributed by atoms with E-state index < -0.39 is 0 Å². The van der Waals surface area contributed by atoms with Crippen molar-refractivity contribution in [3.63, 3.8) is 0 Å². The molecule has 11 heavy (non-hydrogen) atoms. The topological polar surface area (TPSA) is 20.2 Å². The molecular weight excluding hydrogens is 212 g/mol. The van der Waals surface area contributed by atoms with Gasteiger partial charge in [0.05, 0.1) is 14.0 Å². The zero-order valence-corrected chi connectivity index (χ0v) is 9.87. The third kappa shape index (κ3) is 2.53. The smallest absolute Gasteiger partial charge is 0.0656 e. The average Bonchev–Trinajstić information content (AvgIpc) is 2.09. The van der Waals surface area contributed by atoms with Gasteiger partial charge in [0.1, 0.15) is 0 Å². The number of hydrogen-bond donors (Lipinski definition) is 1. The zero-order valence-electron chi connectivity index (χ0n) is 7.03. The van der Waals surface area contributed by atoms with Crippen LogP contribution in [0.3, 0.4) is 0 Å². The van der Waals surface area contributed by atoms with Gasteiger partial charge in [-0.25, -0.2) is 0 Å². The first-order valence-corrected chi connectivity index (χ1v) is 3.88. The minimum Gasteiger partial charge on any atom is -0.393 e. The second-order valence-corrected chi connectivity index (χ2v) is 3.34.